The van der Waals surface area contributed by atoms with Gasteiger partial charge in [0.2, 0.25) is 15.9 Å². The molecule has 0 aliphatic carbocycles. The Hall–Kier alpha value is -3.44. The number of aryl methyl sites for hydroxylation is 1. The third-order valence-corrected chi connectivity index (χ3v) is 7.43. The van der Waals surface area contributed by atoms with Crippen molar-refractivity contribution in [2.24, 2.45) is 0 Å². The number of rotatable bonds is 7. The SMILES string of the molecule is COc1ccc(C2(C)NC(=O)N(CC(=O)Nc3ccc(C)c(S(=O)(=O)N(C)C)c3)C2=O)cc1. The number of imide groups is 1. The summed E-state index contributed by atoms with van der Waals surface area (Å²) < 4.78 is 31.2. The number of benzene rings is 2. The number of hydrogen-bond acceptors (Lipinski definition) is 6. The lowest BCUT2D eigenvalue weighted by atomic mass is 9.92. The van der Waals surface area contributed by atoms with Crippen LogP contribution in [0.3, 0.4) is 0 Å². The molecule has 0 spiro atoms. The van der Waals surface area contributed by atoms with Crippen molar-refractivity contribution in [2.45, 2.75) is 24.3 Å². The van der Waals surface area contributed by atoms with E-state index in [1.807, 2.05) is 0 Å². The molecule has 1 aliphatic heterocycles. The minimum atomic E-state index is -3.71. The monoisotopic (exact) mass is 474 g/mol. The smallest absolute Gasteiger partial charge is 0.325 e. The van der Waals surface area contributed by atoms with Crippen molar-refractivity contribution in [1.29, 1.82) is 0 Å². The van der Waals surface area contributed by atoms with Crippen molar-refractivity contribution < 1.29 is 27.5 Å². The highest BCUT2D eigenvalue weighted by atomic mass is 32.2. The Balaban J connectivity index is 1.77. The second-order valence-electron chi connectivity index (χ2n) is 7.99. The molecule has 2 N–H and O–H groups in total. The molecule has 2 aromatic rings. The van der Waals surface area contributed by atoms with Crippen LogP contribution in [-0.2, 0) is 25.2 Å². The van der Waals surface area contributed by atoms with E-state index in [2.05, 4.69) is 10.6 Å². The van der Waals surface area contributed by atoms with E-state index in [0.717, 1.165) is 9.21 Å². The first-order valence-electron chi connectivity index (χ1n) is 10.0. The number of nitrogens with zero attached hydrogens (tertiary/aromatic N) is 2. The molecule has 0 bridgehead atoms. The molecule has 1 saturated heterocycles. The molecule has 33 heavy (non-hydrogen) atoms. The highest BCUT2D eigenvalue weighted by Crippen LogP contribution is 2.30. The summed E-state index contributed by atoms with van der Waals surface area (Å²) in [6, 6.07) is 10.4. The number of anilines is 1. The van der Waals surface area contributed by atoms with E-state index < -0.39 is 40.0 Å². The number of hydrogen-bond donors (Lipinski definition) is 2. The lowest BCUT2D eigenvalue weighted by Crippen LogP contribution is -2.42. The Bertz CT molecular complexity index is 1210. The van der Waals surface area contributed by atoms with Gasteiger partial charge in [0, 0.05) is 19.8 Å². The molecular formula is C22H26N4O6S. The summed E-state index contributed by atoms with van der Waals surface area (Å²) in [5.41, 5.74) is -0.0378. The van der Waals surface area contributed by atoms with Gasteiger partial charge >= 0.3 is 6.03 Å². The van der Waals surface area contributed by atoms with Crippen LogP contribution in [0.5, 0.6) is 5.75 Å². The van der Waals surface area contributed by atoms with E-state index in [-0.39, 0.29) is 10.6 Å². The molecule has 11 heteroatoms. The average molecular weight is 475 g/mol. The first-order chi connectivity index (χ1) is 15.4. The summed E-state index contributed by atoms with van der Waals surface area (Å²) in [4.78, 5) is 39.0. The largest absolute Gasteiger partial charge is 0.497 e. The summed E-state index contributed by atoms with van der Waals surface area (Å²) in [6.45, 7) is 2.68. The first-order valence-corrected chi connectivity index (χ1v) is 11.5. The van der Waals surface area contributed by atoms with Crippen LogP contribution in [-0.4, -0.2) is 63.2 Å². The van der Waals surface area contributed by atoms with Crippen molar-refractivity contribution in [3.05, 3.63) is 53.6 Å². The number of methoxy groups -OCH3 is 1. The average Bonchev–Trinajstić information content (AvgIpc) is 2.98. The zero-order chi connectivity index (χ0) is 24.6. The molecule has 176 valence electrons. The maximum Gasteiger partial charge on any atom is 0.325 e. The molecule has 0 aromatic heterocycles. The van der Waals surface area contributed by atoms with Gasteiger partial charge in [-0.25, -0.2) is 17.5 Å². The fraction of sp³-hybridized carbons (Fsp3) is 0.318. The van der Waals surface area contributed by atoms with Gasteiger partial charge in [-0.2, -0.15) is 0 Å². The van der Waals surface area contributed by atoms with Crippen LogP contribution >= 0.6 is 0 Å². The number of carbonyl (C=O) groups excluding carboxylic acids is 3. The number of sulfonamides is 1. The van der Waals surface area contributed by atoms with Crippen LogP contribution in [0.25, 0.3) is 0 Å². The lowest BCUT2D eigenvalue weighted by Gasteiger charge is -2.22. The van der Waals surface area contributed by atoms with Crippen LogP contribution < -0.4 is 15.4 Å². The van der Waals surface area contributed by atoms with Crippen molar-refractivity contribution in [3.63, 3.8) is 0 Å². The molecule has 1 fully saturated rings. The Morgan fingerprint density at radius 2 is 1.79 bits per heavy atom. The summed E-state index contributed by atoms with van der Waals surface area (Å²) in [5.74, 6) is -0.619. The van der Waals surface area contributed by atoms with E-state index in [0.29, 0.717) is 16.9 Å². The minimum Gasteiger partial charge on any atom is -0.497 e. The molecule has 0 saturated carbocycles. The summed E-state index contributed by atoms with van der Waals surface area (Å²) in [7, 11) is 0.636. The second-order valence-corrected chi connectivity index (χ2v) is 10.1. The standard InChI is InChI=1S/C22H26N4O6S/c1-14-6-9-16(12-18(14)33(30,31)25(3)4)23-19(27)13-26-20(28)22(2,24-21(26)29)15-7-10-17(32-5)11-8-15/h6-12H,13H2,1-5H3,(H,23,27)(H,24,29). The maximum absolute atomic E-state index is 13.0. The van der Waals surface area contributed by atoms with Gasteiger partial charge in [-0.15, -0.1) is 0 Å². The Kier molecular flexibility index (Phi) is 6.48. The van der Waals surface area contributed by atoms with E-state index in [9.17, 15) is 22.8 Å². The molecule has 1 aliphatic rings. The summed E-state index contributed by atoms with van der Waals surface area (Å²) in [6.07, 6.45) is 0. The minimum absolute atomic E-state index is 0.0485. The maximum atomic E-state index is 13.0. The van der Waals surface area contributed by atoms with Crippen LogP contribution in [0.4, 0.5) is 10.5 Å². The van der Waals surface area contributed by atoms with Gasteiger partial charge < -0.3 is 15.4 Å². The van der Waals surface area contributed by atoms with Gasteiger partial charge in [-0.05, 0) is 49.2 Å². The number of carbonyl (C=O) groups is 3. The van der Waals surface area contributed by atoms with Crippen LogP contribution in [0, 0.1) is 6.92 Å². The Morgan fingerprint density at radius 3 is 2.36 bits per heavy atom. The normalized spacial score (nSPS) is 18.4. The Labute approximate surface area is 192 Å². The summed E-state index contributed by atoms with van der Waals surface area (Å²) in [5, 5.41) is 5.19. The van der Waals surface area contributed by atoms with Gasteiger partial charge in [0.15, 0.2) is 0 Å². The molecule has 3 rings (SSSR count). The van der Waals surface area contributed by atoms with Gasteiger partial charge in [-0.1, -0.05) is 18.2 Å². The highest BCUT2D eigenvalue weighted by Gasteiger charge is 2.49. The molecule has 4 amide bonds. The van der Waals surface area contributed by atoms with E-state index in [1.54, 1.807) is 50.2 Å². The fourth-order valence-electron chi connectivity index (χ4n) is 3.46. The number of ether oxygens (including phenoxy) is 1. The lowest BCUT2D eigenvalue weighted by molar-refractivity contribution is -0.133. The Morgan fingerprint density at radius 1 is 1.15 bits per heavy atom. The van der Waals surface area contributed by atoms with Crippen molar-refractivity contribution >= 4 is 33.6 Å². The number of urea groups is 1. The van der Waals surface area contributed by atoms with Gasteiger partial charge in [0.25, 0.3) is 5.91 Å². The molecule has 0 radical (unpaired) electrons. The van der Waals surface area contributed by atoms with E-state index in [4.69, 9.17) is 4.74 Å². The van der Waals surface area contributed by atoms with Crippen molar-refractivity contribution in [2.75, 3.05) is 33.1 Å². The molecular weight excluding hydrogens is 448 g/mol. The quantitative estimate of drug-likeness (QED) is 0.588. The molecule has 2 aromatic carbocycles. The zero-order valence-electron chi connectivity index (χ0n) is 19.0. The predicted molar refractivity (Wildman–Crippen MR) is 121 cm³/mol. The highest BCUT2D eigenvalue weighted by molar-refractivity contribution is 7.89. The predicted octanol–water partition coefficient (Wildman–Crippen LogP) is 1.66. The van der Waals surface area contributed by atoms with E-state index >= 15 is 0 Å². The second kappa shape index (κ2) is 8.83. The zero-order valence-corrected chi connectivity index (χ0v) is 19.8. The first kappa shape index (κ1) is 24.2. The van der Waals surface area contributed by atoms with Crippen molar-refractivity contribution in [1.82, 2.24) is 14.5 Å². The fourth-order valence-corrected chi connectivity index (χ4v) is 4.60. The van der Waals surface area contributed by atoms with Crippen molar-refractivity contribution in [3.8, 4) is 5.75 Å². The van der Waals surface area contributed by atoms with Gasteiger partial charge in [0.1, 0.15) is 17.8 Å². The topological polar surface area (TPSA) is 125 Å². The van der Waals surface area contributed by atoms with Crippen LogP contribution in [0.15, 0.2) is 47.4 Å². The van der Waals surface area contributed by atoms with Gasteiger partial charge in [-0.3, -0.25) is 14.5 Å². The summed E-state index contributed by atoms with van der Waals surface area (Å²) >= 11 is 0. The third-order valence-electron chi connectivity index (χ3n) is 5.47. The number of amides is 4. The van der Waals surface area contributed by atoms with Gasteiger partial charge in [0.05, 0.1) is 12.0 Å². The number of nitrogens with one attached hydrogen (secondary N) is 2. The molecule has 1 unspecified atom stereocenters. The third kappa shape index (κ3) is 4.55. The molecule has 1 atom stereocenters. The van der Waals surface area contributed by atoms with E-state index in [1.165, 1.54) is 27.3 Å². The molecule has 10 nitrogen and oxygen atoms in total. The van der Waals surface area contributed by atoms with Crippen LogP contribution in [0.1, 0.15) is 18.1 Å². The van der Waals surface area contributed by atoms with Crippen LogP contribution in [0.2, 0.25) is 0 Å². The molecule has 1 heterocycles.